The van der Waals surface area contributed by atoms with Crippen LogP contribution < -0.4 is 4.74 Å². The molecule has 0 bridgehead atoms. The van der Waals surface area contributed by atoms with Crippen molar-refractivity contribution in [3.05, 3.63) is 24.8 Å². The van der Waals surface area contributed by atoms with Crippen LogP contribution in [0, 0.1) is 0 Å². The highest BCUT2D eigenvalue weighted by Gasteiger charge is 2.25. The van der Waals surface area contributed by atoms with E-state index in [1.807, 2.05) is 18.5 Å². The maximum atomic E-state index is 6.28. The maximum Gasteiger partial charge on any atom is 0.226 e. The minimum absolute atomic E-state index is 0.251. The Bertz CT molecular complexity index is 824. The van der Waals surface area contributed by atoms with Gasteiger partial charge in [0.1, 0.15) is 17.3 Å². The molecule has 0 radical (unpaired) electrons. The second-order valence-electron chi connectivity index (χ2n) is 6.34. The van der Waals surface area contributed by atoms with Crippen LogP contribution in [0.25, 0.3) is 20.3 Å². The van der Waals surface area contributed by atoms with Crippen LogP contribution in [0.2, 0.25) is 0 Å². The highest BCUT2D eigenvalue weighted by Crippen LogP contribution is 2.37. The molecule has 0 atom stereocenters. The minimum atomic E-state index is 0.251. The highest BCUT2D eigenvalue weighted by molar-refractivity contribution is 7.25. The lowest BCUT2D eigenvalue weighted by atomic mass is 9.92. The van der Waals surface area contributed by atoms with Crippen LogP contribution in [0.4, 0.5) is 0 Å². The fraction of sp³-hybridized carbons (Fsp3) is 0.471. The number of nitrogens with zero attached hydrogens (tertiary/aromatic N) is 4. The molecule has 4 rings (SSSR count). The molecule has 1 saturated carbocycles. The van der Waals surface area contributed by atoms with Crippen LogP contribution in [-0.4, -0.2) is 46.1 Å². The average Bonchev–Trinajstić information content (AvgIpc) is 2.95. The maximum absolute atomic E-state index is 6.28. The van der Waals surface area contributed by atoms with Gasteiger partial charge in [0, 0.05) is 23.8 Å². The van der Waals surface area contributed by atoms with Gasteiger partial charge in [0.05, 0.1) is 10.1 Å². The van der Waals surface area contributed by atoms with Gasteiger partial charge in [-0.2, -0.15) is 0 Å². The second kappa shape index (κ2) is 6.02. The fourth-order valence-electron chi connectivity index (χ4n) is 3.36. The SMILES string of the molecule is CN(C)C1CCC(Oc2ncnc3sc4cnccc4c23)CC1. The number of rotatable bonds is 3. The van der Waals surface area contributed by atoms with Crippen molar-refractivity contribution < 1.29 is 4.74 Å². The summed E-state index contributed by atoms with van der Waals surface area (Å²) in [6.07, 6.45) is 10.1. The zero-order valence-electron chi connectivity index (χ0n) is 13.4. The van der Waals surface area contributed by atoms with E-state index in [1.165, 1.54) is 12.8 Å². The Morgan fingerprint density at radius 2 is 2.00 bits per heavy atom. The summed E-state index contributed by atoms with van der Waals surface area (Å²) in [7, 11) is 4.32. The topological polar surface area (TPSA) is 51.1 Å². The van der Waals surface area contributed by atoms with E-state index < -0.39 is 0 Å². The van der Waals surface area contributed by atoms with Crippen LogP contribution in [0.5, 0.6) is 5.88 Å². The van der Waals surface area contributed by atoms with E-state index in [0.29, 0.717) is 6.04 Å². The van der Waals surface area contributed by atoms with Gasteiger partial charge in [-0.25, -0.2) is 9.97 Å². The molecule has 0 aromatic carbocycles. The Hall–Kier alpha value is -1.79. The molecule has 0 N–H and O–H groups in total. The van der Waals surface area contributed by atoms with Crippen LogP contribution in [0.1, 0.15) is 25.7 Å². The molecule has 0 amide bonds. The van der Waals surface area contributed by atoms with Gasteiger partial charge in [0.15, 0.2) is 0 Å². The first-order chi connectivity index (χ1) is 11.2. The van der Waals surface area contributed by atoms with Crippen molar-refractivity contribution in [2.45, 2.75) is 37.8 Å². The molecule has 0 saturated heterocycles. The number of pyridine rings is 1. The highest BCUT2D eigenvalue weighted by atomic mass is 32.1. The van der Waals surface area contributed by atoms with Crippen molar-refractivity contribution in [2.75, 3.05) is 14.1 Å². The molecule has 0 unspecified atom stereocenters. The predicted octanol–water partition coefficient (Wildman–Crippen LogP) is 3.49. The summed E-state index contributed by atoms with van der Waals surface area (Å²) >= 11 is 1.64. The molecule has 23 heavy (non-hydrogen) atoms. The molecule has 1 aliphatic rings. The van der Waals surface area contributed by atoms with Crippen LogP contribution in [-0.2, 0) is 0 Å². The third-order valence-electron chi connectivity index (χ3n) is 4.69. The fourth-order valence-corrected chi connectivity index (χ4v) is 4.36. The van der Waals surface area contributed by atoms with Gasteiger partial charge in [0.2, 0.25) is 5.88 Å². The van der Waals surface area contributed by atoms with Gasteiger partial charge in [-0.15, -0.1) is 11.3 Å². The van der Waals surface area contributed by atoms with E-state index in [0.717, 1.165) is 39.0 Å². The quantitative estimate of drug-likeness (QED) is 0.736. The minimum Gasteiger partial charge on any atom is -0.474 e. The molecule has 6 heteroatoms. The van der Waals surface area contributed by atoms with Crippen molar-refractivity contribution in [2.24, 2.45) is 0 Å². The molecule has 1 aliphatic carbocycles. The van der Waals surface area contributed by atoms with Crippen molar-refractivity contribution in [1.29, 1.82) is 0 Å². The molecular formula is C17H20N4OS. The van der Waals surface area contributed by atoms with E-state index in [2.05, 4.69) is 33.9 Å². The lowest BCUT2D eigenvalue weighted by molar-refractivity contribution is 0.108. The first kappa shape index (κ1) is 14.8. The van der Waals surface area contributed by atoms with Crippen molar-refractivity contribution >= 4 is 31.6 Å². The van der Waals surface area contributed by atoms with E-state index in [9.17, 15) is 0 Å². The van der Waals surface area contributed by atoms with E-state index in [4.69, 9.17) is 4.74 Å². The summed E-state index contributed by atoms with van der Waals surface area (Å²) in [5.41, 5.74) is 0. The molecule has 3 aromatic heterocycles. The van der Waals surface area contributed by atoms with Crippen molar-refractivity contribution in [1.82, 2.24) is 19.9 Å². The number of thiophene rings is 1. The Labute approximate surface area is 139 Å². The molecule has 1 fully saturated rings. The van der Waals surface area contributed by atoms with E-state index in [1.54, 1.807) is 17.7 Å². The average molecular weight is 328 g/mol. The number of hydrogen-bond acceptors (Lipinski definition) is 6. The van der Waals surface area contributed by atoms with Gasteiger partial charge in [-0.3, -0.25) is 4.98 Å². The van der Waals surface area contributed by atoms with Crippen molar-refractivity contribution in [3.63, 3.8) is 0 Å². The van der Waals surface area contributed by atoms with Gasteiger partial charge >= 0.3 is 0 Å². The van der Waals surface area contributed by atoms with E-state index >= 15 is 0 Å². The standard InChI is InChI=1S/C17H20N4OS/c1-21(2)11-3-5-12(6-4-11)22-16-15-13-7-8-18-9-14(13)23-17(15)20-10-19-16/h7-12H,3-6H2,1-2H3. The molecular weight excluding hydrogens is 308 g/mol. The third kappa shape index (κ3) is 2.77. The molecule has 120 valence electrons. The number of aromatic nitrogens is 3. The van der Waals surface area contributed by atoms with Gasteiger partial charge in [-0.05, 0) is 45.8 Å². The Balaban J connectivity index is 1.62. The largest absolute Gasteiger partial charge is 0.474 e. The van der Waals surface area contributed by atoms with Gasteiger partial charge in [0.25, 0.3) is 0 Å². The lowest BCUT2D eigenvalue weighted by Gasteiger charge is -2.32. The molecule has 3 heterocycles. The second-order valence-corrected chi connectivity index (χ2v) is 7.38. The number of fused-ring (bicyclic) bond motifs is 3. The molecule has 0 aliphatic heterocycles. The lowest BCUT2D eigenvalue weighted by Crippen LogP contribution is -2.35. The smallest absolute Gasteiger partial charge is 0.226 e. The zero-order chi connectivity index (χ0) is 15.8. The summed E-state index contributed by atoms with van der Waals surface area (Å²) in [4.78, 5) is 16.3. The van der Waals surface area contributed by atoms with E-state index in [-0.39, 0.29) is 6.10 Å². The Morgan fingerprint density at radius 3 is 2.78 bits per heavy atom. The predicted molar refractivity (Wildman–Crippen MR) is 93.1 cm³/mol. The summed E-state index contributed by atoms with van der Waals surface area (Å²) in [5.74, 6) is 0.723. The van der Waals surface area contributed by atoms with Gasteiger partial charge in [-0.1, -0.05) is 0 Å². The summed E-state index contributed by atoms with van der Waals surface area (Å²) in [5, 5.41) is 2.17. The Kier molecular flexibility index (Phi) is 3.87. The van der Waals surface area contributed by atoms with Crippen LogP contribution in [0.3, 0.4) is 0 Å². The summed E-state index contributed by atoms with van der Waals surface area (Å²) < 4.78 is 7.41. The summed E-state index contributed by atoms with van der Waals surface area (Å²) in [6, 6.07) is 2.70. The Morgan fingerprint density at radius 1 is 1.17 bits per heavy atom. The zero-order valence-corrected chi connectivity index (χ0v) is 14.2. The normalized spacial score (nSPS) is 22.0. The number of hydrogen-bond donors (Lipinski definition) is 0. The summed E-state index contributed by atoms with van der Waals surface area (Å²) in [6.45, 7) is 0. The van der Waals surface area contributed by atoms with Crippen molar-refractivity contribution in [3.8, 4) is 5.88 Å². The first-order valence-corrected chi connectivity index (χ1v) is 8.84. The molecule has 3 aromatic rings. The first-order valence-electron chi connectivity index (χ1n) is 8.02. The molecule has 5 nitrogen and oxygen atoms in total. The monoisotopic (exact) mass is 328 g/mol. The van der Waals surface area contributed by atoms with Gasteiger partial charge < -0.3 is 9.64 Å². The third-order valence-corrected chi connectivity index (χ3v) is 5.74. The number of ether oxygens (including phenoxy) is 1. The molecule has 0 spiro atoms. The van der Waals surface area contributed by atoms with Crippen LogP contribution in [0.15, 0.2) is 24.8 Å². The van der Waals surface area contributed by atoms with Crippen LogP contribution >= 0.6 is 11.3 Å².